The Morgan fingerprint density at radius 1 is 1.11 bits per heavy atom. The van der Waals surface area contributed by atoms with Crippen LogP contribution in [0.1, 0.15) is 5.56 Å². The van der Waals surface area contributed by atoms with Crippen molar-refractivity contribution in [1.29, 1.82) is 0 Å². The number of urea groups is 1. The molecule has 0 spiro atoms. The monoisotopic (exact) mass is 257 g/mol. The van der Waals surface area contributed by atoms with Gasteiger partial charge in [-0.3, -0.25) is 0 Å². The third-order valence-electron chi connectivity index (χ3n) is 2.57. The van der Waals surface area contributed by atoms with E-state index in [1.807, 2.05) is 6.92 Å². The van der Waals surface area contributed by atoms with Gasteiger partial charge in [-0.25, -0.2) is 4.79 Å². The number of aryl methyl sites for hydroxylation is 1. The highest BCUT2D eigenvalue weighted by Crippen LogP contribution is 2.24. The molecule has 0 unspecified atom stereocenters. The van der Waals surface area contributed by atoms with Crippen LogP contribution in [0.25, 0.3) is 0 Å². The third kappa shape index (κ3) is 3.38. The van der Waals surface area contributed by atoms with Crippen molar-refractivity contribution in [2.75, 3.05) is 16.4 Å². The van der Waals surface area contributed by atoms with E-state index in [1.54, 1.807) is 36.4 Å². The van der Waals surface area contributed by atoms with Crippen LogP contribution in [0, 0.1) is 6.92 Å². The largest absolute Gasteiger partial charge is 0.506 e. The first-order valence-electron chi connectivity index (χ1n) is 5.78. The Labute approximate surface area is 111 Å². The van der Waals surface area contributed by atoms with Crippen molar-refractivity contribution in [3.63, 3.8) is 0 Å². The molecular formula is C14H15N3O2. The number of carbonyl (C=O) groups excluding carboxylic acids is 1. The van der Waals surface area contributed by atoms with Crippen molar-refractivity contribution in [1.82, 2.24) is 0 Å². The summed E-state index contributed by atoms with van der Waals surface area (Å²) in [6, 6.07) is 11.4. The van der Waals surface area contributed by atoms with Gasteiger partial charge in [0, 0.05) is 11.4 Å². The number of rotatable bonds is 2. The van der Waals surface area contributed by atoms with E-state index in [2.05, 4.69) is 10.6 Å². The van der Waals surface area contributed by atoms with Crippen molar-refractivity contribution in [2.24, 2.45) is 0 Å². The molecule has 0 heterocycles. The summed E-state index contributed by atoms with van der Waals surface area (Å²) >= 11 is 0. The quantitative estimate of drug-likeness (QED) is 0.492. The summed E-state index contributed by atoms with van der Waals surface area (Å²) < 4.78 is 0. The summed E-state index contributed by atoms with van der Waals surface area (Å²) in [7, 11) is 0. The number of anilines is 3. The highest BCUT2D eigenvalue weighted by Gasteiger charge is 2.06. The SMILES string of the molecule is Cc1ccc(O)c(NC(=O)Nc2ccc(N)cc2)c1. The van der Waals surface area contributed by atoms with Gasteiger partial charge in [0.1, 0.15) is 5.75 Å². The average molecular weight is 257 g/mol. The summed E-state index contributed by atoms with van der Waals surface area (Å²) in [4.78, 5) is 11.8. The molecule has 0 aliphatic heterocycles. The van der Waals surface area contributed by atoms with Gasteiger partial charge in [-0.2, -0.15) is 0 Å². The number of nitrogens with two attached hydrogens (primary N) is 1. The zero-order valence-corrected chi connectivity index (χ0v) is 10.5. The lowest BCUT2D eigenvalue weighted by molar-refractivity contribution is 0.262. The maximum absolute atomic E-state index is 11.8. The number of nitrogens with one attached hydrogen (secondary N) is 2. The van der Waals surface area contributed by atoms with Crippen LogP contribution < -0.4 is 16.4 Å². The van der Waals surface area contributed by atoms with E-state index in [9.17, 15) is 9.90 Å². The molecule has 2 amide bonds. The lowest BCUT2D eigenvalue weighted by Crippen LogP contribution is -2.19. The summed E-state index contributed by atoms with van der Waals surface area (Å²) in [6.45, 7) is 1.88. The fraction of sp³-hybridized carbons (Fsp3) is 0.0714. The standard InChI is InChI=1S/C14H15N3O2/c1-9-2-7-13(18)12(8-9)17-14(19)16-11-5-3-10(15)4-6-11/h2-8,18H,15H2,1H3,(H2,16,17,19). The van der Waals surface area contributed by atoms with Gasteiger partial charge in [0.05, 0.1) is 5.69 Å². The minimum atomic E-state index is -0.425. The molecular weight excluding hydrogens is 242 g/mol. The van der Waals surface area contributed by atoms with E-state index >= 15 is 0 Å². The van der Waals surface area contributed by atoms with Crippen molar-refractivity contribution >= 4 is 23.1 Å². The average Bonchev–Trinajstić information content (AvgIpc) is 2.37. The second kappa shape index (κ2) is 5.30. The van der Waals surface area contributed by atoms with Gasteiger partial charge < -0.3 is 21.5 Å². The van der Waals surface area contributed by atoms with Crippen LogP contribution in [0.3, 0.4) is 0 Å². The number of nitrogen functional groups attached to an aromatic ring is 1. The summed E-state index contributed by atoms with van der Waals surface area (Å²) in [5.41, 5.74) is 8.12. The van der Waals surface area contributed by atoms with Gasteiger partial charge in [0.25, 0.3) is 0 Å². The van der Waals surface area contributed by atoms with Gasteiger partial charge in [0.2, 0.25) is 0 Å². The first-order valence-corrected chi connectivity index (χ1v) is 5.78. The third-order valence-corrected chi connectivity index (χ3v) is 2.57. The Morgan fingerprint density at radius 2 is 1.79 bits per heavy atom. The van der Waals surface area contributed by atoms with Gasteiger partial charge in [0.15, 0.2) is 0 Å². The maximum Gasteiger partial charge on any atom is 0.323 e. The molecule has 0 aliphatic rings. The molecule has 0 atom stereocenters. The zero-order chi connectivity index (χ0) is 13.8. The van der Waals surface area contributed by atoms with Crippen molar-refractivity contribution in [2.45, 2.75) is 6.92 Å². The molecule has 2 aromatic rings. The Morgan fingerprint density at radius 3 is 2.47 bits per heavy atom. The minimum Gasteiger partial charge on any atom is -0.506 e. The first kappa shape index (κ1) is 12.8. The Balaban J connectivity index is 2.05. The number of benzene rings is 2. The predicted molar refractivity (Wildman–Crippen MR) is 76.3 cm³/mol. The molecule has 0 saturated carbocycles. The zero-order valence-electron chi connectivity index (χ0n) is 10.5. The highest BCUT2D eigenvalue weighted by atomic mass is 16.3. The van der Waals surface area contributed by atoms with E-state index < -0.39 is 6.03 Å². The van der Waals surface area contributed by atoms with Crippen LogP contribution in [-0.2, 0) is 0 Å². The molecule has 0 aromatic heterocycles. The predicted octanol–water partition coefficient (Wildman–Crippen LogP) is 2.93. The van der Waals surface area contributed by atoms with Crippen molar-refractivity contribution < 1.29 is 9.90 Å². The number of phenolic OH excluding ortho intramolecular Hbond substituents is 1. The van der Waals surface area contributed by atoms with Gasteiger partial charge in [-0.05, 0) is 48.9 Å². The Hall–Kier alpha value is -2.69. The first-order chi connectivity index (χ1) is 9.04. The molecule has 5 nitrogen and oxygen atoms in total. The molecule has 0 aliphatic carbocycles. The Bertz CT molecular complexity index is 594. The topological polar surface area (TPSA) is 87.4 Å². The van der Waals surface area contributed by atoms with Crippen LogP contribution in [0.5, 0.6) is 5.75 Å². The van der Waals surface area contributed by atoms with E-state index in [0.717, 1.165) is 5.56 Å². The van der Waals surface area contributed by atoms with Crippen molar-refractivity contribution in [3.8, 4) is 5.75 Å². The summed E-state index contributed by atoms with van der Waals surface area (Å²) in [5, 5.41) is 14.9. The van der Waals surface area contributed by atoms with E-state index in [-0.39, 0.29) is 5.75 Å². The number of aromatic hydroxyl groups is 1. The Kier molecular flexibility index (Phi) is 3.56. The molecule has 0 bridgehead atoms. The van der Waals surface area contributed by atoms with Gasteiger partial charge in [-0.1, -0.05) is 6.07 Å². The number of hydrogen-bond donors (Lipinski definition) is 4. The number of amides is 2. The molecule has 2 aromatic carbocycles. The fourth-order valence-corrected chi connectivity index (χ4v) is 1.60. The molecule has 2 rings (SSSR count). The highest BCUT2D eigenvalue weighted by molar-refractivity contribution is 6.00. The molecule has 0 saturated heterocycles. The van der Waals surface area contributed by atoms with E-state index in [1.165, 1.54) is 6.07 Å². The molecule has 5 N–H and O–H groups in total. The normalized spacial score (nSPS) is 9.95. The second-order valence-corrected chi connectivity index (χ2v) is 4.22. The minimum absolute atomic E-state index is 0.0260. The van der Waals surface area contributed by atoms with Crippen LogP contribution >= 0.6 is 0 Å². The number of phenols is 1. The van der Waals surface area contributed by atoms with E-state index in [4.69, 9.17) is 5.73 Å². The van der Waals surface area contributed by atoms with Gasteiger partial charge in [-0.15, -0.1) is 0 Å². The molecule has 0 fully saturated rings. The maximum atomic E-state index is 11.8. The van der Waals surface area contributed by atoms with Crippen LogP contribution in [0.15, 0.2) is 42.5 Å². The fourth-order valence-electron chi connectivity index (χ4n) is 1.60. The molecule has 0 radical (unpaired) electrons. The van der Waals surface area contributed by atoms with Crippen LogP contribution in [-0.4, -0.2) is 11.1 Å². The number of carbonyl (C=O) groups is 1. The summed E-state index contributed by atoms with van der Waals surface area (Å²) in [6.07, 6.45) is 0. The molecule has 5 heteroatoms. The smallest absolute Gasteiger partial charge is 0.323 e. The molecule has 98 valence electrons. The lowest BCUT2D eigenvalue weighted by Gasteiger charge is -2.09. The number of hydrogen-bond acceptors (Lipinski definition) is 3. The van der Waals surface area contributed by atoms with Crippen LogP contribution in [0.2, 0.25) is 0 Å². The summed E-state index contributed by atoms with van der Waals surface area (Å²) in [5.74, 6) is 0.0260. The van der Waals surface area contributed by atoms with Crippen molar-refractivity contribution in [3.05, 3.63) is 48.0 Å². The van der Waals surface area contributed by atoms with E-state index in [0.29, 0.717) is 17.1 Å². The van der Waals surface area contributed by atoms with Crippen LogP contribution in [0.4, 0.5) is 21.9 Å². The molecule has 19 heavy (non-hydrogen) atoms. The van der Waals surface area contributed by atoms with Gasteiger partial charge >= 0.3 is 6.03 Å². The lowest BCUT2D eigenvalue weighted by atomic mass is 10.2. The second-order valence-electron chi connectivity index (χ2n) is 4.22.